The van der Waals surface area contributed by atoms with E-state index in [1.165, 1.54) is 0 Å². The number of aliphatic hydroxyl groups excluding tert-OH is 2. The van der Waals surface area contributed by atoms with Crippen molar-refractivity contribution >= 4 is 0 Å². The summed E-state index contributed by atoms with van der Waals surface area (Å²) in [6.07, 6.45) is 2.86. The van der Waals surface area contributed by atoms with E-state index in [-0.39, 0.29) is 18.1 Å². The molecule has 4 atom stereocenters. The van der Waals surface area contributed by atoms with Crippen molar-refractivity contribution in [3.8, 4) is 5.75 Å². The summed E-state index contributed by atoms with van der Waals surface area (Å²) < 4.78 is 6.00. The molecule has 0 radical (unpaired) electrons. The van der Waals surface area contributed by atoms with E-state index < -0.39 is 6.10 Å². The average molecular weight is 279 g/mol. The predicted molar refractivity (Wildman–Crippen MR) is 78.5 cm³/mol. The topological polar surface area (TPSA) is 75.7 Å². The lowest BCUT2D eigenvalue weighted by Crippen LogP contribution is -2.42. The molecule has 0 spiro atoms. The number of hydrogen-bond donors (Lipinski definition) is 3. The van der Waals surface area contributed by atoms with E-state index in [0.29, 0.717) is 19.4 Å². The second-order valence-electron chi connectivity index (χ2n) is 5.62. The van der Waals surface area contributed by atoms with Crippen LogP contribution in [0, 0.1) is 5.92 Å². The van der Waals surface area contributed by atoms with Crippen molar-refractivity contribution in [3.63, 3.8) is 0 Å². The van der Waals surface area contributed by atoms with Crippen LogP contribution in [-0.2, 0) is 0 Å². The summed E-state index contributed by atoms with van der Waals surface area (Å²) >= 11 is 0. The van der Waals surface area contributed by atoms with Gasteiger partial charge in [0.1, 0.15) is 11.9 Å². The molecule has 4 nitrogen and oxygen atoms in total. The molecule has 0 aliphatic heterocycles. The van der Waals surface area contributed by atoms with Crippen molar-refractivity contribution in [2.45, 2.75) is 50.4 Å². The second-order valence-corrected chi connectivity index (χ2v) is 5.62. The Bertz CT molecular complexity index is 385. The Morgan fingerprint density at radius 3 is 2.65 bits per heavy atom. The minimum Gasteiger partial charge on any atom is -0.487 e. The first-order valence-corrected chi connectivity index (χ1v) is 7.48. The molecule has 2 rings (SSSR count). The summed E-state index contributed by atoms with van der Waals surface area (Å²) in [5, 5.41) is 20.2. The lowest BCUT2D eigenvalue weighted by molar-refractivity contribution is -0.0315. The zero-order valence-corrected chi connectivity index (χ0v) is 11.8. The molecule has 112 valence electrons. The molecule has 1 fully saturated rings. The van der Waals surface area contributed by atoms with Crippen molar-refractivity contribution in [1.29, 1.82) is 0 Å². The molecular formula is C16H25NO3. The van der Waals surface area contributed by atoms with Gasteiger partial charge in [0.05, 0.1) is 12.2 Å². The lowest BCUT2D eigenvalue weighted by atomic mass is 9.81. The van der Waals surface area contributed by atoms with Gasteiger partial charge in [0, 0.05) is 5.92 Å². The fraction of sp³-hybridized carbons (Fsp3) is 0.625. The van der Waals surface area contributed by atoms with Gasteiger partial charge >= 0.3 is 0 Å². The third-order valence-corrected chi connectivity index (χ3v) is 4.01. The maximum Gasteiger partial charge on any atom is 0.127 e. The normalized spacial score (nSPS) is 25.9. The van der Waals surface area contributed by atoms with Crippen molar-refractivity contribution in [2.75, 3.05) is 6.54 Å². The molecular weight excluding hydrogens is 254 g/mol. The Kier molecular flexibility index (Phi) is 5.83. The van der Waals surface area contributed by atoms with Gasteiger partial charge in [-0.15, -0.1) is 0 Å². The molecule has 0 amide bonds. The van der Waals surface area contributed by atoms with Crippen molar-refractivity contribution in [3.05, 3.63) is 30.3 Å². The van der Waals surface area contributed by atoms with Gasteiger partial charge in [-0.05, 0) is 44.4 Å². The number of rotatable bonds is 6. The Morgan fingerprint density at radius 2 is 2.00 bits per heavy atom. The molecule has 4 unspecified atom stereocenters. The van der Waals surface area contributed by atoms with E-state index in [1.807, 2.05) is 30.3 Å². The summed E-state index contributed by atoms with van der Waals surface area (Å²) in [7, 11) is 0. The molecule has 0 saturated heterocycles. The van der Waals surface area contributed by atoms with Gasteiger partial charge in [0.15, 0.2) is 0 Å². The third-order valence-electron chi connectivity index (χ3n) is 4.01. The minimum absolute atomic E-state index is 0.181. The predicted octanol–water partition coefficient (Wildman–Crippen LogP) is 1.69. The van der Waals surface area contributed by atoms with Crippen LogP contribution in [0.4, 0.5) is 0 Å². The van der Waals surface area contributed by atoms with Crippen molar-refractivity contribution in [2.24, 2.45) is 11.7 Å². The molecule has 0 aromatic heterocycles. The quantitative estimate of drug-likeness (QED) is 0.741. The molecule has 1 aromatic carbocycles. The van der Waals surface area contributed by atoms with E-state index in [4.69, 9.17) is 10.5 Å². The highest BCUT2D eigenvalue weighted by Gasteiger charge is 2.33. The van der Waals surface area contributed by atoms with E-state index in [0.717, 1.165) is 25.0 Å². The number of hydrogen-bond acceptors (Lipinski definition) is 4. The third kappa shape index (κ3) is 4.20. The van der Waals surface area contributed by atoms with Gasteiger partial charge in [-0.25, -0.2) is 0 Å². The highest BCUT2D eigenvalue weighted by atomic mass is 16.5. The van der Waals surface area contributed by atoms with Crippen LogP contribution in [0.2, 0.25) is 0 Å². The van der Waals surface area contributed by atoms with Gasteiger partial charge in [-0.1, -0.05) is 24.6 Å². The summed E-state index contributed by atoms with van der Waals surface area (Å²) in [5.74, 6) is 0.939. The van der Waals surface area contributed by atoms with Crippen molar-refractivity contribution < 1.29 is 14.9 Å². The largest absolute Gasteiger partial charge is 0.487 e. The van der Waals surface area contributed by atoms with Gasteiger partial charge in [0.2, 0.25) is 0 Å². The number of benzene rings is 1. The van der Waals surface area contributed by atoms with Crippen LogP contribution >= 0.6 is 0 Å². The molecule has 1 aliphatic carbocycles. The first-order chi connectivity index (χ1) is 9.70. The summed E-state index contributed by atoms with van der Waals surface area (Å²) in [6.45, 7) is 0.436. The van der Waals surface area contributed by atoms with Crippen LogP contribution in [0.5, 0.6) is 5.75 Å². The first-order valence-electron chi connectivity index (χ1n) is 7.48. The average Bonchev–Trinajstić information content (AvgIpc) is 2.46. The minimum atomic E-state index is -0.587. The van der Waals surface area contributed by atoms with Gasteiger partial charge < -0.3 is 20.7 Å². The molecule has 20 heavy (non-hydrogen) atoms. The molecule has 1 saturated carbocycles. The summed E-state index contributed by atoms with van der Waals surface area (Å²) in [6, 6.07) is 9.54. The standard InChI is InChI=1S/C16H25NO3/c17-10-9-15(19)16(12-5-4-6-13(18)11-12)20-14-7-2-1-3-8-14/h1-3,7-8,12-13,15-16,18-19H,4-6,9-11,17H2. The van der Waals surface area contributed by atoms with Crippen molar-refractivity contribution in [1.82, 2.24) is 0 Å². The van der Waals surface area contributed by atoms with Crippen LogP contribution < -0.4 is 10.5 Å². The zero-order valence-electron chi connectivity index (χ0n) is 11.8. The SMILES string of the molecule is NCCC(O)C(Oc1ccccc1)C1CCCC(O)C1. The highest BCUT2D eigenvalue weighted by molar-refractivity contribution is 5.21. The number of ether oxygens (including phenoxy) is 1. The smallest absolute Gasteiger partial charge is 0.127 e. The number of para-hydroxylation sites is 1. The lowest BCUT2D eigenvalue weighted by Gasteiger charge is -2.35. The Hall–Kier alpha value is -1.10. The highest BCUT2D eigenvalue weighted by Crippen LogP contribution is 2.31. The Balaban J connectivity index is 2.07. The molecule has 1 aromatic rings. The van der Waals surface area contributed by atoms with Crippen LogP contribution in [0.3, 0.4) is 0 Å². The Labute approximate surface area is 120 Å². The van der Waals surface area contributed by atoms with E-state index in [2.05, 4.69) is 0 Å². The van der Waals surface area contributed by atoms with E-state index >= 15 is 0 Å². The van der Waals surface area contributed by atoms with Gasteiger partial charge in [-0.2, -0.15) is 0 Å². The number of aliphatic hydroxyl groups is 2. The second kappa shape index (κ2) is 7.62. The monoisotopic (exact) mass is 279 g/mol. The van der Waals surface area contributed by atoms with Crippen LogP contribution in [-0.4, -0.2) is 35.1 Å². The maximum absolute atomic E-state index is 10.3. The Morgan fingerprint density at radius 1 is 1.25 bits per heavy atom. The van der Waals surface area contributed by atoms with Gasteiger partial charge in [0.25, 0.3) is 0 Å². The van der Waals surface area contributed by atoms with Crippen LogP contribution in [0.1, 0.15) is 32.1 Å². The van der Waals surface area contributed by atoms with E-state index in [1.54, 1.807) is 0 Å². The zero-order chi connectivity index (χ0) is 14.4. The maximum atomic E-state index is 10.3. The summed E-state index contributed by atoms with van der Waals surface area (Å²) in [5.41, 5.74) is 5.55. The molecule has 1 aliphatic rings. The number of nitrogens with two attached hydrogens (primary N) is 1. The van der Waals surface area contributed by atoms with Crippen LogP contribution in [0.15, 0.2) is 30.3 Å². The van der Waals surface area contributed by atoms with Gasteiger partial charge in [-0.3, -0.25) is 0 Å². The summed E-state index contributed by atoms with van der Waals surface area (Å²) in [4.78, 5) is 0. The first kappa shape index (κ1) is 15.3. The van der Waals surface area contributed by atoms with E-state index in [9.17, 15) is 10.2 Å². The molecule has 0 heterocycles. The fourth-order valence-corrected chi connectivity index (χ4v) is 2.98. The molecule has 0 bridgehead atoms. The fourth-order valence-electron chi connectivity index (χ4n) is 2.98. The molecule has 4 N–H and O–H groups in total. The van der Waals surface area contributed by atoms with Crippen LogP contribution in [0.25, 0.3) is 0 Å². The molecule has 4 heteroatoms.